The van der Waals surface area contributed by atoms with Gasteiger partial charge in [0.15, 0.2) is 0 Å². The Kier molecular flexibility index (Phi) is 3.88. The maximum atomic E-state index is 4.04. The maximum absolute atomic E-state index is 4.04. The molecule has 1 aliphatic heterocycles. The summed E-state index contributed by atoms with van der Waals surface area (Å²) < 4.78 is 0. The van der Waals surface area contributed by atoms with E-state index in [0.29, 0.717) is 6.04 Å². The Hall–Kier alpha value is -1.12. The minimum atomic E-state index is 0.0449. The van der Waals surface area contributed by atoms with Gasteiger partial charge in [0.05, 0.1) is 5.54 Å². The predicted octanol–water partition coefficient (Wildman–Crippen LogP) is 2.77. The second-order valence-corrected chi connectivity index (χ2v) is 5.79. The van der Waals surface area contributed by atoms with Crippen molar-refractivity contribution in [3.05, 3.63) is 48.0 Å². The highest BCUT2D eigenvalue weighted by Crippen LogP contribution is 2.26. The molecule has 98 valence electrons. The van der Waals surface area contributed by atoms with E-state index in [1.807, 2.05) is 0 Å². The van der Waals surface area contributed by atoms with Crippen molar-refractivity contribution in [1.29, 1.82) is 0 Å². The zero-order valence-corrected chi connectivity index (χ0v) is 11.7. The van der Waals surface area contributed by atoms with Crippen LogP contribution in [0.5, 0.6) is 0 Å². The van der Waals surface area contributed by atoms with Crippen molar-refractivity contribution >= 4 is 0 Å². The van der Waals surface area contributed by atoms with Crippen LogP contribution in [0.3, 0.4) is 0 Å². The van der Waals surface area contributed by atoms with Gasteiger partial charge in [-0.15, -0.1) is 0 Å². The number of rotatable bonds is 3. The minimum Gasteiger partial charge on any atom is -0.305 e. The summed E-state index contributed by atoms with van der Waals surface area (Å²) in [6.07, 6.45) is 0. The fourth-order valence-electron chi connectivity index (χ4n) is 2.68. The van der Waals surface area contributed by atoms with E-state index in [1.54, 1.807) is 0 Å². The fourth-order valence-corrected chi connectivity index (χ4v) is 2.68. The molecule has 0 aliphatic carbocycles. The molecule has 1 aliphatic rings. The first kappa shape index (κ1) is 13.3. The van der Waals surface area contributed by atoms with Crippen molar-refractivity contribution in [2.75, 3.05) is 19.6 Å². The maximum Gasteiger partial charge on any atom is 0.0535 e. The van der Waals surface area contributed by atoms with E-state index >= 15 is 0 Å². The SMILES string of the molecule is C=C(C)CN1CC(C)(c2ccccc2)NCC1C. The lowest BCUT2D eigenvalue weighted by atomic mass is 9.88. The Morgan fingerprint density at radius 3 is 2.72 bits per heavy atom. The van der Waals surface area contributed by atoms with Gasteiger partial charge in [-0.05, 0) is 26.3 Å². The molecular weight excluding hydrogens is 220 g/mol. The van der Waals surface area contributed by atoms with Gasteiger partial charge in [-0.3, -0.25) is 4.90 Å². The van der Waals surface area contributed by atoms with E-state index in [-0.39, 0.29) is 5.54 Å². The monoisotopic (exact) mass is 244 g/mol. The van der Waals surface area contributed by atoms with Gasteiger partial charge in [0, 0.05) is 25.7 Å². The van der Waals surface area contributed by atoms with Crippen LogP contribution in [0.1, 0.15) is 26.3 Å². The van der Waals surface area contributed by atoms with E-state index in [4.69, 9.17) is 0 Å². The lowest BCUT2D eigenvalue weighted by molar-refractivity contribution is 0.104. The van der Waals surface area contributed by atoms with Crippen molar-refractivity contribution < 1.29 is 0 Å². The molecule has 0 radical (unpaired) electrons. The Bertz CT molecular complexity index is 412. The number of piperazine rings is 1. The second kappa shape index (κ2) is 5.25. The first-order valence-electron chi connectivity index (χ1n) is 6.70. The van der Waals surface area contributed by atoms with Crippen LogP contribution in [0.25, 0.3) is 0 Å². The van der Waals surface area contributed by atoms with E-state index < -0.39 is 0 Å². The zero-order valence-electron chi connectivity index (χ0n) is 11.7. The zero-order chi connectivity index (χ0) is 13.2. The van der Waals surface area contributed by atoms with Gasteiger partial charge < -0.3 is 5.32 Å². The molecule has 1 aromatic carbocycles. The average molecular weight is 244 g/mol. The normalized spacial score (nSPS) is 29.2. The largest absolute Gasteiger partial charge is 0.305 e. The topological polar surface area (TPSA) is 15.3 Å². The van der Waals surface area contributed by atoms with Gasteiger partial charge in [-0.1, -0.05) is 42.5 Å². The minimum absolute atomic E-state index is 0.0449. The molecular formula is C16H24N2. The standard InChI is InChI=1S/C16H24N2/c1-13(2)11-18-12-16(4,17-10-14(18)3)15-8-6-5-7-9-15/h5-9,14,17H,1,10-12H2,2-4H3. The van der Waals surface area contributed by atoms with Gasteiger partial charge in [-0.2, -0.15) is 0 Å². The summed E-state index contributed by atoms with van der Waals surface area (Å²) in [4.78, 5) is 2.52. The summed E-state index contributed by atoms with van der Waals surface area (Å²) in [6, 6.07) is 11.3. The first-order valence-corrected chi connectivity index (χ1v) is 6.70. The fraction of sp³-hybridized carbons (Fsp3) is 0.500. The highest BCUT2D eigenvalue weighted by atomic mass is 15.2. The molecule has 1 aromatic rings. The third-order valence-electron chi connectivity index (χ3n) is 3.81. The van der Waals surface area contributed by atoms with E-state index in [0.717, 1.165) is 19.6 Å². The second-order valence-electron chi connectivity index (χ2n) is 5.79. The highest BCUT2D eigenvalue weighted by molar-refractivity contribution is 5.25. The molecule has 2 nitrogen and oxygen atoms in total. The molecule has 1 N–H and O–H groups in total. The van der Waals surface area contributed by atoms with Gasteiger partial charge in [0.1, 0.15) is 0 Å². The average Bonchev–Trinajstić information content (AvgIpc) is 2.35. The Balaban J connectivity index is 2.17. The number of benzene rings is 1. The first-order chi connectivity index (χ1) is 8.51. The third-order valence-corrected chi connectivity index (χ3v) is 3.81. The summed E-state index contributed by atoms with van der Waals surface area (Å²) in [6.45, 7) is 13.8. The quantitative estimate of drug-likeness (QED) is 0.823. The lowest BCUT2D eigenvalue weighted by Gasteiger charge is -2.45. The van der Waals surface area contributed by atoms with Crippen LogP contribution in [-0.2, 0) is 5.54 Å². The number of hydrogen-bond donors (Lipinski definition) is 1. The van der Waals surface area contributed by atoms with E-state index in [1.165, 1.54) is 11.1 Å². The molecule has 2 atom stereocenters. The molecule has 0 saturated carbocycles. The molecule has 0 bridgehead atoms. The van der Waals surface area contributed by atoms with Crippen LogP contribution in [0.2, 0.25) is 0 Å². The Labute approximate surface area is 111 Å². The summed E-state index contributed by atoms with van der Waals surface area (Å²) in [7, 11) is 0. The van der Waals surface area contributed by atoms with Gasteiger partial charge >= 0.3 is 0 Å². The molecule has 0 aromatic heterocycles. The smallest absolute Gasteiger partial charge is 0.0535 e. The molecule has 1 heterocycles. The van der Waals surface area contributed by atoms with Crippen molar-refractivity contribution in [3.8, 4) is 0 Å². The number of hydrogen-bond acceptors (Lipinski definition) is 2. The number of nitrogens with zero attached hydrogens (tertiary/aromatic N) is 1. The molecule has 2 heteroatoms. The molecule has 1 fully saturated rings. The van der Waals surface area contributed by atoms with Gasteiger partial charge in [0.25, 0.3) is 0 Å². The van der Waals surface area contributed by atoms with Crippen LogP contribution < -0.4 is 5.32 Å². The molecule has 0 amide bonds. The van der Waals surface area contributed by atoms with Crippen LogP contribution in [0.4, 0.5) is 0 Å². The van der Waals surface area contributed by atoms with Gasteiger partial charge in [-0.25, -0.2) is 0 Å². The van der Waals surface area contributed by atoms with Gasteiger partial charge in [0.2, 0.25) is 0 Å². The molecule has 2 unspecified atom stereocenters. The van der Waals surface area contributed by atoms with Crippen molar-refractivity contribution in [1.82, 2.24) is 10.2 Å². The summed E-state index contributed by atoms with van der Waals surface area (Å²) in [5, 5.41) is 3.69. The van der Waals surface area contributed by atoms with E-state index in [9.17, 15) is 0 Å². The van der Waals surface area contributed by atoms with Crippen molar-refractivity contribution in [2.45, 2.75) is 32.4 Å². The van der Waals surface area contributed by atoms with Crippen molar-refractivity contribution in [3.63, 3.8) is 0 Å². The van der Waals surface area contributed by atoms with Crippen LogP contribution in [0.15, 0.2) is 42.5 Å². The number of nitrogens with one attached hydrogen (secondary N) is 1. The van der Waals surface area contributed by atoms with Crippen molar-refractivity contribution in [2.24, 2.45) is 0 Å². The molecule has 0 spiro atoms. The van der Waals surface area contributed by atoms with Crippen LogP contribution in [-0.4, -0.2) is 30.6 Å². The molecule has 1 saturated heterocycles. The Morgan fingerprint density at radius 1 is 1.44 bits per heavy atom. The highest BCUT2D eigenvalue weighted by Gasteiger charge is 2.34. The third kappa shape index (κ3) is 2.82. The molecule has 18 heavy (non-hydrogen) atoms. The predicted molar refractivity (Wildman–Crippen MR) is 77.6 cm³/mol. The Morgan fingerprint density at radius 2 is 2.11 bits per heavy atom. The summed E-state index contributed by atoms with van der Waals surface area (Å²) >= 11 is 0. The lowest BCUT2D eigenvalue weighted by Crippen LogP contribution is -2.60. The summed E-state index contributed by atoms with van der Waals surface area (Å²) in [5.74, 6) is 0. The summed E-state index contributed by atoms with van der Waals surface area (Å²) in [5.41, 5.74) is 2.64. The van der Waals surface area contributed by atoms with Crippen LogP contribution in [0, 0.1) is 0 Å². The van der Waals surface area contributed by atoms with E-state index in [2.05, 4.69) is 67.9 Å². The molecule has 2 rings (SSSR count). The van der Waals surface area contributed by atoms with Crippen LogP contribution >= 0.6 is 0 Å².